The van der Waals surface area contributed by atoms with Crippen molar-refractivity contribution in [3.05, 3.63) is 50.8 Å². The fourth-order valence-electron chi connectivity index (χ4n) is 2.59. The Bertz CT molecular complexity index is 704. The van der Waals surface area contributed by atoms with Gasteiger partial charge in [-0.3, -0.25) is 14.8 Å². The second-order valence-electron chi connectivity index (χ2n) is 5.64. The van der Waals surface area contributed by atoms with Crippen molar-refractivity contribution >= 4 is 5.69 Å². The number of aliphatic hydroxyl groups is 1. The average Bonchev–Trinajstić information content (AvgIpc) is 2.72. The van der Waals surface area contributed by atoms with Gasteiger partial charge in [0.2, 0.25) is 0 Å². The van der Waals surface area contributed by atoms with Crippen LogP contribution in [0.5, 0.6) is 5.75 Å². The zero-order valence-electron chi connectivity index (χ0n) is 13.7. The first-order valence-electron chi connectivity index (χ1n) is 7.36. The summed E-state index contributed by atoms with van der Waals surface area (Å²) >= 11 is 0. The number of aliphatic hydroxyl groups excluding tert-OH is 1. The van der Waals surface area contributed by atoms with Crippen LogP contribution in [-0.2, 0) is 6.54 Å². The van der Waals surface area contributed by atoms with Gasteiger partial charge in [-0.15, -0.1) is 0 Å². The fraction of sp³-hybridized carbons (Fsp3) is 0.438. The molecule has 0 unspecified atom stereocenters. The first kappa shape index (κ1) is 17.0. The van der Waals surface area contributed by atoms with Crippen LogP contribution in [0.15, 0.2) is 18.2 Å². The number of nitro groups is 1. The summed E-state index contributed by atoms with van der Waals surface area (Å²) in [6, 6.07) is 5.83. The Morgan fingerprint density at radius 2 is 1.91 bits per heavy atom. The number of benzene rings is 1. The van der Waals surface area contributed by atoms with Crippen LogP contribution < -0.4 is 4.74 Å². The maximum Gasteiger partial charge on any atom is 0.312 e. The van der Waals surface area contributed by atoms with Crippen molar-refractivity contribution in [3.63, 3.8) is 0 Å². The number of ether oxygens (including phenoxy) is 1. The van der Waals surface area contributed by atoms with Crippen LogP contribution in [0.4, 0.5) is 5.69 Å². The molecule has 0 aliphatic heterocycles. The zero-order valence-corrected chi connectivity index (χ0v) is 13.7. The molecule has 1 aromatic heterocycles. The molecule has 0 aliphatic rings. The van der Waals surface area contributed by atoms with Gasteiger partial charge in [0.25, 0.3) is 0 Å². The zero-order chi connectivity index (χ0) is 17.1. The SMILES string of the molecule is Cc1cccc(C)c1OC[C@@H](O)Cn1nc(C)c([N+](=O)[O-])c1C. The van der Waals surface area contributed by atoms with E-state index in [2.05, 4.69) is 5.10 Å². The van der Waals surface area contributed by atoms with Gasteiger partial charge in [-0.05, 0) is 38.8 Å². The Labute approximate surface area is 134 Å². The molecule has 1 N–H and O–H groups in total. The number of aryl methyl sites for hydroxylation is 3. The van der Waals surface area contributed by atoms with E-state index in [1.54, 1.807) is 13.8 Å². The highest BCUT2D eigenvalue weighted by atomic mass is 16.6. The Hall–Kier alpha value is -2.41. The highest BCUT2D eigenvalue weighted by Crippen LogP contribution is 2.24. The van der Waals surface area contributed by atoms with Gasteiger partial charge in [0, 0.05) is 0 Å². The number of nitrogens with zero attached hydrogens (tertiary/aromatic N) is 3. The Balaban J connectivity index is 2.05. The minimum atomic E-state index is -0.813. The molecular formula is C16H21N3O4. The van der Waals surface area contributed by atoms with Crippen molar-refractivity contribution in [2.45, 2.75) is 40.3 Å². The second-order valence-corrected chi connectivity index (χ2v) is 5.64. The van der Waals surface area contributed by atoms with E-state index in [0.717, 1.165) is 16.9 Å². The van der Waals surface area contributed by atoms with Crippen LogP contribution in [0, 0.1) is 37.8 Å². The third-order valence-corrected chi connectivity index (χ3v) is 3.74. The summed E-state index contributed by atoms with van der Waals surface area (Å²) in [5.41, 5.74) is 2.76. The van der Waals surface area contributed by atoms with Gasteiger partial charge in [0.05, 0.1) is 11.5 Å². The molecule has 7 heteroatoms. The number of hydrogen-bond acceptors (Lipinski definition) is 5. The highest BCUT2D eigenvalue weighted by molar-refractivity contribution is 5.40. The van der Waals surface area contributed by atoms with E-state index in [-0.39, 0.29) is 18.8 Å². The largest absolute Gasteiger partial charge is 0.490 e. The Morgan fingerprint density at radius 1 is 1.30 bits per heavy atom. The molecule has 1 heterocycles. The normalized spacial score (nSPS) is 12.2. The van der Waals surface area contributed by atoms with Crippen LogP contribution >= 0.6 is 0 Å². The summed E-state index contributed by atoms with van der Waals surface area (Å²) in [6.45, 7) is 7.33. The van der Waals surface area contributed by atoms with Gasteiger partial charge in [0.15, 0.2) is 0 Å². The molecule has 0 bridgehead atoms. The van der Waals surface area contributed by atoms with Gasteiger partial charge in [-0.1, -0.05) is 18.2 Å². The van der Waals surface area contributed by atoms with Gasteiger partial charge >= 0.3 is 5.69 Å². The molecule has 1 atom stereocenters. The molecule has 0 saturated heterocycles. The van der Waals surface area contributed by atoms with Gasteiger partial charge in [0.1, 0.15) is 29.8 Å². The van der Waals surface area contributed by atoms with Crippen LogP contribution in [0.3, 0.4) is 0 Å². The third kappa shape index (κ3) is 3.68. The third-order valence-electron chi connectivity index (χ3n) is 3.74. The van der Waals surface area contributed by atoms with Crippen molar-refractivity contribution in [2.24, 2.45) is 0 Å². The number of aromatic nitrogens is 2. The molecule has 124 valence electrons. The maximum atomic E-state index is 11.0. The molecule has 2 aromatic rings. The van der Waals surface area contributed by atoms with Gasteiger partial charge < -0.3 is 9.84 Å². The first-order chi connectivity index (χ1) is 10.8. The molecule has 0 spiro atoms. The van der Waals surface area contributed by atoms with E-state index in [1.807, 2.05) is 32.0 Å². The van der Waals surface area contributed by atoms with Crippen molar-refractivity contribution in [2.75, 3.05) is 6.61 Å². The minimum absolute atomic E-state index is 0.00660. The van der Waals surface area contributed by atoms with Crippen LogP contribution in [0.25, 0.3) is 0 Å². The lowest BCUT2D eigenvalue weighted by atomic mass is 10.1. The standard InChI is InChI=1S/C16H21N3O4/c1-10-6-5-7-11(2)16(10)23-9-14(20)8-18-13(4)15(19(21)22)12(3)17-18/h5-7,14,20H,8-9H2,1-4H3/t14-/m0/s1. The van der Waals surface area contributed by atoms with E-state index in [9.17, 15) is 15.2 Å². The summed E-state index contributed by atoms with van der Waals surface area (Å²) < 4.78 is 7.15. The molecule has 1 aromatic carbocycles. The summed E-state index contributed by atoms with van der Waals surface area (Å²) in [6.07, 6.45) is -0.813. The van der Waals surface area contributed by atoms with Crippen LogP contribution in [0.1, 0.15) is 22.5 Å². The number of rotatable bonds is 6. The quantitative estimate of drug-likeness (QED) is 0.652. The molecule has 0 aliphatic carbocycles. The summed E-state index contributed by atoms with van der Waals surface area (Å²) in [7, 11) is 0. The lowest BCUT2D eigenvalue weighted by molar-refractivity contribution is -0.386. The molecule has 0 saturated carbocycles. The number of hydrogen-bond donors (Lipinski definition) is 1. The summed E-state index contributed by atoms with van der Waals surface area (Å²) in [5, 5.41) is 25.3. The predicted molar refractivity (Wildman–Crippen MR) is 85.8 cm³/mol. The monoisotopic (exact) mass is 319 g/mol. The average molecular weight is 319 g/mol. The maximum absolute atomic E-state index is 11.0. The molecule has 7 nitrogen and oxygen atoms in total. The Kier molecular flexibility index (Phi) is 5.00. The van der Waals surface area contributed by atoms with Crippen LogP contribution in [0.2, 0.25) is 0 Å². The molecule has 23 heavy (non-hydrogen) atoms. The van der Waals surface area contributed by atoms with Gasteiger partial charge in [-0.2, -0.15) is 5.10 Å². The second kappa shape index (κ2) is 6.78. The summed E-state index contributed by atoms with van der Waals surface area (Å²) in [4.78, 5) is 10.5. The fourth-order valence-corrected chi connectivity index (χ4v) is 2.59. The topological polar surface area (TPSA) is 90.4 Å². The highest BCUT2D eigenvalue weighted by Gasteiger charge is 2.23. The van der Waals surface area contributed by atoms with Crippen molar-refractivity contribution in [3.8, 4) is 5.75 Å². The molecule has 0 radical (unpaired) electrons. The van der Waals surface area contributed by atoms with Gasteiger partial charge in [-0.25, -0.2) is 0 Å². The lowest BCUT2D eigenvalue weighted by Gasteiger charge is -2.16. The molecule has 2 rings (SSSR count). The van der Waals surface area contributed by atoms with Crippen molar-refractivity contribution in [1.29, 1.82) is 0 Å². The Morgan fingerprint density at radius 3 is 2.43 bits per heavy atom. The van der Waals surface area contributed by atoms with E-state index in [0.29, 0.717) is 11.4 Å². The molecule has 0 fully saturated rings. The smallest absolute Gasteiger partial charge is 0.312 e. The lowest BCUT2D eigenvalue weighted by Crippen LogP contribution is -2.25. The van der Waals surface area contributed by atoms with E-state index in [4.69, 9.17) is 4.74 Å². The summed E-state index contributed by atoms with van der Waals surface area (Å²) in [5.74, 6) is 0.755. The number of para-hydroxylation sites is 1. The minimum Gasteiger partial charge on any atom is -0.490 e. The van der Waals surface area contributed by atoms with Crippen molar-refractivity contribution in [1.82, 2.24) is 9.78 Å². The molecule has 0 amide bonds. The van der Waals surface area contributed by atoms with Crippen LogP contribution in [-0.4, -0.2) is 32.5 Å². The van der Waals surface area contributed by atoms with E-state index >= 15 is 0 Å². The van der Waals surface area contributed by atoms with Crippen molar-refractivity contribution < 1.29 is 14.8 Å². The molecular weight excluding hydrogens is 298 g/mol. The predicted octanol–water partition coefficient (Wildman–Crippen LogP) is 2.46. The first-order valence-corrected chi connectivity index (χ1v) is 7.36. The van der Waals surface area contributed by atoms with E-state index < -0.39 is 11.0 Å². The van der Waals surface area contributed by atoms with E-state index in [1.165, 1.54) is 4.68 Å².